The first kappa shape index (κ1) is 20.5. The van der Waals surface area contributed by atoms with Crippen molar-refractivity contribution in [3.63, 3.8) is 0 Å². The summed E-state index contributed by atoms with van der Waals surface area (Å²) < 4.78 is 0.833. The minimum Gasteiger partial charge on any atom is -0.507 e. The van der Waals surface area contributed by atoms with Gasteiger partial charge in [0.25, 0.3) is 11.5 Å². The smallest absolute Gasteiger partial charge is 0.301 e. The van der Waals surface area contributed by atoms with E-state index in [0.717, 1.165) is 4.70 Å². The Bertz CT molecular complexity index is 1410. The second-order valence-corrected chi connectivity index (χ2v) is 8.36. The van der Waals surface area contributed by atoms with Crippen molar-refractivity contribution in [2.45, 2.75) is 6.04 Å². The first-order chi connectivity index (χ1) is 16.0. The number of amides is 1. The van der Waals surface area contributed by atoms with Gasteiger partial charge in [-0.2, -0.15) is 0 Å². The van der Waals surface area contributed by atoms with E-state index in [2.05, 4.69) is 4.98 Å². The molecular weight excluding hydrogens is 442 g/mol. The fourth-order valence-electron chi connectivity index (χ4n) is 3.84. The van der Waals surface area contributed by atoms with Crippen molar-refractivity contribution in [1.82, 2.24) is 4.98 Å². The SMILES string of the molecule is O=C1C(=O)N(c2nc3ccccc3s2)[C@@H](c2ccc([N+](=O)[O-])cc2)C1=C(O)c1ccccc1. The largest absolute Gasteiger partial charge is 0.507 e. The van der Waals surface area contributed by atoms with Crippen molar-refractivity contribution < 1.29 is 19.6 Å². The van der Waals surface area contributed by atoms with Gasteiger partial charge in [0, 0.05) is 17.7 Å². The number of hydrogen-bond acceptors (Lipinski definition) is 7. The molecule has 1 aromatic heterocycles. The summed E-state index contributed by atoms with van der Waals surface area (Å²) in [5, 5.41) is 22.5. The Kier molecular flexibility index (Phi) is 4.95. The molecule has 1 saturated heterocycles. The van der Waals surface area contributed by atoms with Crippen molar-refractivity contribution >= 4 is 49.8 Å². The number of ketones is 1. The van der Waals surface area contributed by atoms with Crippen LogP contribution in [0.1, 0.15) is 17.2 Å². The highest BCUT2D eigenvalue weighted by Crippen LogP contribution is 2.44. The van der Waals surface area contributed by atoms with Crippen LogP contribution in [0, 0.1) is 10.1 Å². The Hall–Kier alpha value is -4.37. The van der Waals surface area contributed by atoms with Crippen molar-refractivity contribution in [1.29, 1.82) is 0 Å². The second kappa shape index (κ2) is 7.95. The van der Waals surface area contributed by atoms with E-state index < -0.39 is 22.7 Å². The van der Waals surface area contributed by atoms with E-state index >= 15 is 0 Å². The van der Waals surface area contributed by atoms with Crippen molar-refractivity contribution in [3.8, 4) is 0 Å². The van der Waals surface area contributed by atoms with E-state index in [4.69, 9.17) is 0 Å². The molecule has 1 atom stereocenters. The Morgan fingerprint density at radius 1 is 0.970 bits per heavy atom. The van der Waals surface area contributed by atoms with E-state index in [1.807, 2.05) is 18.2 Å². The topological polar surface area (TPSA) is 114 Å². The van der Waals surface area contributed by atoms with Crippen molar-refractivity contribution in [3.05, 3.63) is 106 Å². The highest BCUT2D eigenvalue weighted by molar-refractivity contribution is 7.22. The van der Waals surface area contributed by atoms with E-state index in [1.165, 1.54) is 40.5 Å². The van der Waals surface area contributed by atoms with Crippen LogP contribution in [0.5, 0.6) is 0 Å². The maximum absolute atomic E-state index is 13.2. The number of benzene rings is 3. The third kappa shape index (κ3) is 3.44. The average Bonchev–Trinajstić information content (AvgIpc) is 3.38. The molecule has 0 unspecified atom stereocenters. The van der Waals surface area contributed by atoms with E-state index in [-0.39, 0.29) is 17.0 Å². The van der Waals surface area contributed by atoms with Gasteiger partial charge < -0.3 is 5.11 Å². The molecule has 5 rings (SSSR count). The summed E-state index contributed by atoms with van der Waals surface area (Å²) in [7, 11) is 0. The lowest BCUT2D eigenvalue weighted by Crippen LogP contribution is -2.29. The van der Waals surface area contributed by atoms with Gasteiger partial charge in [-0.3, -0.25) is 24.6 Å². The van der Waals surface area contributed by atoms with Crippen LogP contribution in [0.4, 0.5) is 10.8 Å². The zero-order valence-corrected chi connectivity index (χ0v) is 17.7. The third-order valence-electron chi connectivity index (χ3n) is 5.40. The molecule has 1 amide bonds. The van der Waals surface area contributed by atoms with Gasteiger partial charge in [-0.1, -0.05) is 53.8 Å². The van der Waals surface area contributed by atoms with Crippen LogP contribution in [0.25, 0.3) is 16.0 Å². The number of thiazole rings is 1. The summed E-state index contributed by atoms with van der Waals surface area (Å²) in [6, 6.07) is 20.4. The highest BCUT2D eigenvalue weighted by atomic mass is 32.1. The molecule has 3 aromatic carbocycles. The van der Waals surface area contributed by atoms with Gasteiger partial charge in [-0.15, -0.1) is 0 Å². The molecular formula is C24H15N3O5S. The number of Topliss-reactive ketones (excluding diaryl/α,β-unsaturated/α-hetero) is 1. The average molecular weight is 457 g/mol. The normalized spacial score (nSPS) is 17.6. The van der Waals surface area contributed by atoms with E-state index in [1.54, 1.807) is 36.4 Å². The zero-order valence-electron chi connectivity index (χ0n) is 16.9. The fourth-order valence-corrected chi connectivity index (χ4v) is 4.83. The molecule has 8 nitrogen and oxygen atoms in total. The number of rotatable bonds is 4. The maximum atomic E-state index is 13.2. The molecule has 2 heterocycles. The molecule has 33 heavy (non-hydrogen) atoms. The quantitative estimate of drug-likeness (QED) is 0.154. The lowest BCUT2D eigenvalue weighted by molar-refractivity contribution is -0.384. The summed E-state index contributed by atoms with van der Waals surface area (Å²) in [5.41, 5.74) is 1.27. The van der Waals surface area contributed by atoms with Gasteiger partial charge in [0.15, 0.2) is 5.13 Å². The number of nitrogens with zero attached hydrogens (tertiary/aromatic N) is 3. The molecule has 0 radical (unpaired) electrons. The van der Waals surface area contributed by atoms with Gasteiger partial charge >= 0.3 is 5.91 Å². The summed E-state index contributed by atoms with van der Waals surface area (Å²) in [5.74, 6) is -1.99. The Labute approximate surface area is 191 Å². The van der Waals surface area contributed by atoms with Crippen LogP contribution in [-0.4, -0.2) is 26.7 Å². The van der Waals surface area contributed by atoms with Crippen LogP contribution in [0.2, 0.25) is 0 Å². The molecule has 0 saturated carbocycles. The molecule has 1 N–H and O–H groups in total. The maximum Gasteiger partial charge on any atom is 0.301 e. The summed E-state index contributed by atoms with van der Waals surface area (Å²) in [6.45, 7) is 0. The number of nitro benzene ring substituents is 1. The number of anilines is 1. The molecule has 1 aliphatic heterocycles. The number of aliphatic hydroxyl groups is 1. The predicted molar refractivity (Wildman–Crippen MR) is 124 cm³/mol. The standard InChI is InChI=1S/C24H15N3O5S/c28-21(15-6-2-1-3-7-15)19-20(14-10-12-16(13-11-14)27(31)32)26(23(30)22(19)29)24-25-17-8-4-5-9-18(17)33-24/h1-13,20,28H/t20-/m0/s1. The van der Waals surface area contributed by atoms with Gasteiger partial charge in [0.2, 0.25) is 0 Å². The van der Waals surface area contributed by atoms with Crippen LogP contribution >= 0.6 is 11.3 Å². The molecule has 1 fully saturated rings. The van der Waals surface area contributed by atoms with Crippen LogP contribution in [0.3, 0.4) is 0 Å². The number of para-hydroxylation sites is 1. The Balaban J connectivity index is 1.73. The minimum atomic E-state index is -0.994. The summed E-state index contributed by atoms with van der Waals surface area (Å²) >= 11 is 1.25. The van der Waals surface area contributed by atoms with Gasteiger partial charge in [-0.25, -0.2) is 4.98 Å². The number of non-ortho nitro benzene ring substituents is 1. The van der Waals surface area contributed by atoms with Crippen LogP contribution < -0.4 is 4.90 Å². The molecule has 162 valence electrons. The van der Waals surface area contributed by atoms with E-state index in [0.29, 0.717) is 21.8 Å². The number of hydrogen-bond donors (Lipinski definition) is 1. The van der Waals surface area contributed by atoms with Gasteiger partial charge in [0.05, 0.1) is 26.8 Å². The molecule has 0 bridgehead atoms. The van der Waals surface area contributed by atoms with Gasteiger partial charge in [-0.05, 0) is 29.8 Å². The number of aromatic nitrogens is 1. The lowest BCUT2D eigenvalue weighted by Gasteiger charge is -2.22. The van der Waals surface area contributed by atoms with Gasteiger partial charge in [0.1, 0.15) is 5.76 Å². The molecule has 0 spiro atoms. The molecule has 1 aliphatic rings. The number of fused-ring (bicyclic) bond motifs is 1. The fraction of sp³-hybridized carbons (Fsp3) is 0.0417. The molecule has 4 aromatic rings. The lowest BCUT2D eigenvalue weighted by atomic mass is 9.95. The number of carbonyl (C=O) groups is 2. The first-order valence-corrected chi connectivity index (χ1v) is 10.7. The third-order valence-corrected chi connectivity index (χ3v) is 6.44. The molecule has 9 heteroatoms. The van der Waals surface area contributed by atoms with Crippen LogP contribution in [0.15, 0.2) is 84.4 Å². The summed E-state index contributed by atoms with van der Waals surface area (Å²) in [6.07, 6.45) is 0. The predicted octanol–water partition coefficient (Wildman–Crippen LogP) is 4.83. The Morgan fingerprint density at radius 2 is 1.64 bits per heavy atom. The van der Waals surface area contributed by atoms with Crippen molar-refractivity contribution in [2.24, 2.45) is 0 Å². The zero-order chi connectivity index (χ0) is 23.1. The highest BCUT2D eigenvalue weighted by Gasteiger charge is 2.48. The van der Waals surface area contributed by atoms with E-state index in [9.17, 15) is 24.8 Å². The van der Waals surface area contributed by atoms with Crippen LogP contribution in [-0.2, 0) is 9.59 Å². The molecule has 0 aliphatic carbocycles. The minimum absolute atomic E-state index is 0.0979. The van der Waals surface area contributed by atoms with Crippen molar-refractivity contribution in [2.75, 3.05) is 4.90 Å². The first-order valence-electron chi connectivity index (χ1n) is 9.92. The Morgan fingerprint density at radius 3 is 2.30 bits per heavy atom. The number of carbonyl (C=O) groups excluding carboxylic acids is 2. The second-order valence-electron chi connectivity index (χ2n) is 7.35. The monoisotopic (exact) mass is 457 g/mol. The summed E-state index contributed by atoms with van der Waals surface area (Å²) in [4.78, 5) is 42.7. The number of nitro groups is 1. The number of aliphatic hydroxyl groups excluding tert-OH is 1.